The molecule has 28 heavy (non-hydrogen) atoms. The number of rotatable bonds is 7. The molecule has 5 nitrogen and oxygen atoms in total. The van der Waals surface area contributed by atoms with Crippen LogP contribution in [0.3, 0.4) is 0 Å². The average molecular weight is 389 g/mol. The maximum Gasteiger partial charge on any atom is 0.196 e. The number of hydrogen-bond donors (Lipinski definition) is 0. The monoisotopic (exact) mass is 389 g/mol. The van der Waals surface area contributed by atoms with Crippen LogP contribution in [0.2, 0.25) is 0 Å². The molecule has 3 aromatic carbocycles. The van der Waals surface area contributed by atoms with Crippen molar-refractivity contribution < 1.29 is 9.47 Å². The van der Waals surface area contributed by atoms with Crippen molar-refractivity contribution in [3.05, 3.63) is 90.8 Å². The van der Waals surface area contributed by atoms with E-state index in [4.69, 9.17) is 9.47 Å². The first-order chi connectivity index (χ1) is 13.8. The molecular formula is C22H19N3O2S. The number of benzene rings is 3. The highest BCUT2D eigenvalue weighted by atomic mass is 32.2. The summed E-state index contributed by atoms with van der Waals surface area (Å²) < 4.78 is 13.5. The third-order valence-corrected chi connectivity index (χ3v) is 5.15. The molecule has 0 radical (unpaired) electrons. The number of methoxy groups -OCH3 is 1. The lowest BCUT2D eigenvalue weighted by Crippen LogP contribution is -1.99. The predicted octanol–water partition coefficient (Wildman–Crippen LogP) is 5.36. The zero-order valence-electron chi connectivity index (χ0n) is 15.4. The first-order valence-corrected chi connectivity index (χ1v) is 9.81. The molecule has 6 heteroatoms. The molecule has 1 aromatic heterocycles. The van der Waals surface area contributed by atoms with Gasteiger partial charge in [0.05, 0.1) is 12.8 Å². The summed E-state index contributed by atoms with van der Waals surface area (Å²) in [6, 6.07) is 25.6. The summed E-state index contributed by atoms with van der Waals surface area (Å²) in [6.07, 6.45) is 1.70. The van der Waals surface area contributed by atoms with E-state index in [-0.39, 0.29) is 0 Å². The molecule has 0 N–H and O–H groups in total. The van der Waals surface area contributed by atoms with E-state index in [0.717, 1.165) is 33.7 Å². The molecule has 0 saturated carbocycles. The lowest BCUT2D eigenvalue weighted by atomic mass is 10.2. The fourth-order valence-corrected chi connectivity index (χ4v) is 3.71. The molecule has 4 rings (SSSR count). The largest absolute Gasteiger partial charge is 0.495 e. The first-order valence-electron chi connectivity index (χ1n) is 8.82. The SMILES string of the molecule is COc1ccccc1-n1cnnc1SCc1ccccc1Oc1ccccc1. The molecule has 0 fully saturated rings. The van der Waals surface area contributed by atoms with Crippen LogP contribution in [-0.2, 0) is 5.75 Å². The quantitative estimate of drug-likeness (QED) is 0.398. The van der Waals surface area contributed by atoms with Gasteiger partial charge in [-0.25, -0.2) is 0 Å². The molecule has 0 aliphatic rings. The number of ether oxygens (including phenoxy) is 2. The number of para-hydroxylation sites is 4. The molecular weight excluding hydrogens is 370 g/mol. The molecule has 1 heterocycles. The highest BCUT2D eigenvalue weighted by molar-refractivity contribution is 7.98. The molecule has 0 atom stereocenters. The van der Waals surface area contributed by atoms with Crippen molar-refractivity contribution in [2.45, 2.75) is 10.9 Å². The minimum atomic E-state index is 0.705. The van der Waals surface area contributed by atoms with Crippen LogP contribution in [-0.4, -0.2) is 21.9 Å². The maximum atomic E-state index is 6.05. The van der Waals surface area contributed by atoms with Crippen molar-refractivity contribution in [3.63, 3.8) is 0 Å². The third-order valence-electron chi connectivity index (χ3n) is 4.16. The minimum Gasteiger partial charge on any atom is -0.495 e. The van der Waals surface area contributed by atoms with Gasteiger partial charge in [-0.1, -0.05) is 60.3 Å². The smallest absolute Gasteiger partial charge is 0.196 e. The topological polar surface area (TPSA) is 49.2 Å². The summed E-state index contributed by atoms with van der Waals surface area (Å²) in [6.45, 7) is 0. The second-order valence-corrected chi connectivity index (χ2v) is 6.91. The lowest BCUT2D eigenvalue weighted by molar-refractivity contribution is 0.412. The van der Waals surface area contributed by atoms with Gasteiger partial charge >= 0.3 is 0 Å². The second-order valence-electron chi connectivity index (χ2n) is 5.97. The van der Waals surface area contributed by atoms with Crippen LogP contribution < -0.4 is 9.47 Å². The van der Waals surface area contributed by atoms with Crippen molar-refractivity contribution in [1.29, 1.82) is 0 Å². The summed E-state index contributed by atoms with van der Waals surface area (Å²) in [7, 11) is 1.66. The van der Waals surface area contributed by atoms with Crippen molar-refractivity contribution in [2.75, 3.05) is 7.11 Å². The van der Waals surface area contributed by atoms with Crippen LogP contribution in [0.5, 0.6) is 17.2 Å². The average Bonchev–Trinajstić information content (AvgIpc) is 3.22. The van der Waals surface area contributed by atoms with Gasteiger partial charge in [0.2, 0.25) is 0 Å². The van der Waals surface area contributed by atoms with E-state index in [1.807, 2.05) is 77.4 Å². The summed E-state index contributed by atoms with van der Waals surface area (Å²) in [5.41, 5.74) is 2.00. The Bertz CT molecular complexity index is 1050. The van der Waals surface area contributed by atoms with E-state index in [1.54, 1.807) is 25.2 Å². The van der Waals surface area contributed by atoms with Crippen LogP contribution in [0.15, 0.2) is 90.3 Å². The number of hydrogen-bond acceptors (Lipinski definition) is 5. The third kappa shape index (κ3) is 4.02. The summed E-state index contributed by atoms with van der Waals surface area (Å²) in [5.74, 6) is 3.13. The van der Waals surface area contributed by atoms with Gasteiger partial charge in [-0.15, -0.1) is 10.2 Å². The highest BCUT2D eigenvalue weighted by Gasteiger charge is 2.13. The lowest BCUT2D eigenvalue weighted by Gasteiger charge is -2.12. The molecule has 140 valence electrons. The summed E-state index contributed by atoms with van der Waals surface area (Å²) >= 11 is 1.60. The van der Waals surface area contributed by atoms with Crippen LogP contribution in [0, 0.1) is 0 Å². The van der Waals surface area contributed by atoms with Gasteiger partial charge in [0.25, 0.3) is 0 Å². The summed E-state index contributed by atoms with van der Waals surface area (Å²) in [5, 5.41) is 9.15. The summed E-state index contributed by atoms with van der Waals surface area (Å²) in [4.78, 5) is 0. The zero-order valence-corrected chi connectivity index (χ0v) is 16.2. The molecule has 0 saturated heterocycles. The first kappa shape index (κ1) is 18.1. The van der Waals surface area contributed by atoms with Crippen LogP contribution in [0.4, 0.5) is 0 Å². The van der Waals surface area contributed by atoms with Crippen LogP contribution >= 0.6 is 11.8 Å². The van der Waals surface area contributed by atoms with Gasteiger partial charge in [-0.05, 0) is 30.3 Å². The fraction of sp³-hybridized carbons (Fsp3) is 0.0909. The molecule has 4 aromatic rings. The Labute approximate surface area is 168 Å². The van der Waals surface area contributed by atoms with Gasteiger partial charge in [-0.3, -0.25) is 4.57 Å². The van der Waals surface area contributed by atoms with E-state index in [1.165, 1.54) is 0 Å². The van der Waals surface area contributed by atoms with Gasteiger partial charge < -0.3 is 9.47 Å². The Morgan fingerprint density at radius 3 is 2.39 bits per heavy atom. The molecule has 0 amide bonds. The Hall–Kier alpha value is -3.25. The Kier molecular flexibility index (Phi) is 5.58. The van der Waals surface area contributed by atoms with Gasteiger partial charge in [0.1, 0.15) is 23.6 Å². The van der Waals surface area contributed by atoms with Crippen molar-refractivity contribution in [1.82, 2.24) is 14.8 Å². The standard InChI is InChI=1S/C22H19N3O2S/c1-26-21-14-8-6-12-19(21)25-16-23-24-22(25)28-15-17-9-5-7-13-20(17)27-18-10-3-2-4-11-18/h2-14,16H,15H2,1H3. The zero-order chi connectivity index (χ0) is 19.2. The van der Waals surface area contributed by atoms with E-state index in [0.29, 0.717) is 5.75 Å². The van der Waals surface area contributed by atoms with Crippen LogP contribution in [0.1, 0.15) is 5.56 Å². The Balaban J connectivity index is 1.55. The van der Waals surface area contributed by atoms with E-state index in [2.05, 4.69) is 16.3 Å². The van der Waals surface area contributed by atoms with Gasteiger partial charge in [-0.2, -0.15) is 0 Å². The van der Waals surface area contributed by atoms with E-state index in [9.17, 15) is 0 Å². The van der Waals surface area contributed by atoms with E-state index < -0.39 is 0 Å². The Morgan fingerprint density at radius 2 is 1.57 bits per heavy atom. The normalized spacial score (nSPS) is 10.6. The number of nitrogens with zero attached hydrogens (tertiary/aromatic N) is 3. The minimum absolute atomic E-state index is 0.705. The molecule has 0 unspecified atom stereocenters. The van der Waals surface area contributed by atoms with Crippen LogP contribution in [0.25, 0.3) is 5.69 Å². The maximum absolute atomic E-state index is 6.05. The fourth-order valence-electron chi connectivity index (χ4n) is 2.80. The van der Waals surface area contributed by atoms with Crippen molar-refractivity contribution in [2.24, 2.45) is 0 Å². The molecule has 0 spiro atoms. The predicted molar refractivity (Wildman–Crippen MR) is 110 cm³/mol. The van der Waals surface area contributed by atoms with Crippen molar-refractivity contribution in [3.8, 4) is 22.9 Å². The Morgan fingerprint density at radius 1 is 0.857 bits per heavy atom. The van der Waals surface area contributed by atoms with Gasteiger partial charge in [0, 0.05) is 11.3 Å². The molecule has 0 bridgehead atoms. The number of aromatic nitrogens is 3. The second kappa shape index (κ2) is 8.63. The molecule has 0 aliphatic heterocycles. The van der Waals surface area contributed by atoms with Gasteiger partial charge in [0.15, 0.2) is 5.16 Å². The van der Waals surface area contributed by atoms with E-state index >= 15 is 0 Å². The number of thioether (sulfide) groups is 1. The van der Waals surface area contributed by atoms with Crippen molar-refractivity contribution >= 4 is 11.8 Å². The highest BCUT2D eigenvalue weighted by Crippen LogP contribution is 2.32. The molecule has 0 aliphatic carbocycles.